The summed E-state index contributed by atoms with van der Waals surface area (Å²) in [6.45, 7) is 12.5. The molecule has 17 heavy (non-hydrogen) atoms. The number of unbranched alkanes of at least 4 members (excludes halogenated alkanes) is 3. The Morgan fingerprint density at radius 3 is 2.29 bits per heavy atom. The van der Waals surface area contributed by atoms with Crippen LogP contribution < -0.4 is 0 Å². The minimum Gasteiger partial charge on any atom is -0.392 e. The lowest BCUT2D eigenvalue weighted by molar-refractivity contribution is 0.0710. The molecule has 0 aliphatic carbocycles. The molecule has 0 unspecified atom stereocenters. The summed E-state index contributed by atoms with van der Waals surface area (Å²) in [7, 11) is 0. The standard InChI is InChI=1S/C16H32O/c1-6-8-9-10-11-13(3)12-15(5)16(17)14(4)7-2/h7,13-17H,2,6,8-12H2,1,3-5H3/t13-,14-,15-,16-/m0/s1. The number of aliphatic hydroxyl groups excluding tert-OH is 1. The van der Waals surface area contributed by atoms with E-state index >= 15 is 0 Å². The molecule has 0 aliphatic rings. The van der Waals surface area contributed by atoms with E-state index in [0.717, 1.165) is 12.3 Å². The van der Waals surface area contributed by atoms with Gasteiger partial charge in [0.2, 0.25) is 0 Å². The zero-order chi connectivity index (χ0) is 13.3. The normalized spacial score (nSPS) is 18.4. The monoisotopic (exact) mass is 240 g/mol. The third-order valence-electron chi connectivity index (χ3n) is 3.82. The fourth-order valence-electron chi connectivity index (χ4n) is 2.47. The van der Waals surface area contributed by atoms with Gasteiger partial charge in [-0.05, 0) is 24.2 Å². The number of rotatable bonds is 10. The maximum Gasteiger partial charge on any atom is 0.0625 e. The van der Waals surface area contributed by atoms with E-state index in [-0.39, 0.29) is 12.0 Å². The molecule has 0 amide bonds. The molecule has 0 bridgehead atoms. The molecule has 102 valence electrons. The molecular weight excluding hydrogens is 208 g/mol. The van der Waals surface area contributed by atoms with Crippen molar-refractivity contribution in [2.75, 3.05) is 0 Å². The van der Waals surface area contributed by atoms with Gasteiger partial charge >= 0.3 is 0 Å². The van der Waals surface area contributed by atoms with Crippen LogP contribution in [-0.2, 0) is 0 Å². The molecule has 1 nitrogen and oxygen atoms in total. The van der Waals surface area contributed by atoms with Gasteiger partial charge in [0, 0.05) is 0 Å². The minimum absolute atomic E-state index is 0.206. The molecule has 0 spiro atoms. The van der Waals surface area contributed by atoms with Gasteiger partial charge in [-0.2, -0.15) is 0 Å². The second-order valence-corrected chi connectivity index (χ2v) is 5.75. The third-order valence-corrected chi connectivity index (χ3v) is 3.82. The van der Waals surface area contributed by atoms with Gasteiger partial charge in [-0.25, -0.2) is 0 Å². The Bertz CT molecular complexity index is 188. The average molecular weight is 240 g/mol. The Balaban J connectivity index is 3.78. The molecule has 0 saturated heterocycles. The number of hydrogen-bond donors (Lipinski definition) is 1. The van der Waals surface area contributed by atoms with Crippen LogP contribution >= 0.6 is 0 Å². The first-order chi connectivity index (χ1) is 8.02. The van der Waals surface area contributed by atoms with Gasteiger partial charge in [0.05, 0.1) is 6.10 Å². The Hall–Kier alpha value is -0.300. The van der Waals surface area contributed by atoms with E-state index in [9.17, 15) is 5.11 Å². The molecule has 0 saturated carbocycles. The molecule has 0 aromatic carbocycles. The average Bonchev–Trinajstić information content (AvgIpc) is 2.32. The summed E-state index contributed by atoms with van der Waals surface area (Å²) in [6.07, 6.45) is 9.43. The smallest absolute Gasteiger partial charge is 0.0625 e. The van der Waals surface area contributed by atoms with E-state index < -0.39 is 0 Å². The summed E-state index contributed by atoms with van der Waals surface area (Å²) in [4.78, 5) is 0. The first-order valence-electron chi connectivity index (χ1n) is 7.33. The van der Waals surface area contributed by atoms with Crippen LogP contribution in [0.1, 0.15) is 66.2 Å². The zero-order valence-electron chi connectivity index (χ0n) is 12.3. The fraction of sp³-hybridized carbons (Fsp3) is 0.875. The highest BCUT2D eigenvalue weighted by Crippen LogP contribution is 2.24. The fourth-order valence-corrected chi connectivity index (χ4v) is 2.47. The van der Waals surface area contributed by atoms with Crippen molar-refractivity contribution in [3.8, 4) is 0 Å². The van der Waals surface area contributed by atoms with Crippen LogP contribution in [-0.4, -0.2) is 11.2 Å². The van der Waals surface area contributed by atoms with E-state index in [1.165, 1.54) is 32.1 Å². The highest BCUT2D eigenvalue weighted by Gasteiger charge is 2.20. The Morgan fingerprint density at radius 2 is 1.76 bits per heavy atom. The summed E-state index contributed by atoms with van der Waals surface area (Å²) < 4.78 is 0. The molecule has 0 aromatic rings. The molecule has 1 N–H and O–H groups in total. The van der Waals surface area contributed by atoms with Crippen LogP contribution in [0.15, 0.2) is 12.7 Å². The summed E-state index contributed by atoms with van der Waals surface area (Å²) in [5, 5.41) is 10.1. The summed E-state index contributed by atoms with van der Waals surface area (Å²) in [5.74, 6) is 1.31. The lowest BCUT2D eigenvalue weighted by Gasteiger charge is -2.25. The van der Waals surface area contributed by atoms with Gasteiger partial charge in [0.1, 0.15) is 0 Å². The molecule has 0 aliphatic heterocycles. The van der Waals surface area contributed by atoms with Crippen molar-refractivity contribution in [2.24, 2.45) is 17.8 Å². The van der Waals surface area contributed by atoms with E-state index in [1.54, 1.807) is 0 Å². The molecular formula is C16H32O. The van der Waals surface area contributed by atoms with E-state index in [1.807, 2.05) is 13.0 Å². The summed E-state index contributed by atoms with van der Waals surface area (Å²) in [5.41, 5.74) is 0. The molecule has 0 aromatic heterocycles. The maximum absolute atomic E-state index is 10.1. The predicted octanol–water partition coefficient (Wildman–Crippen LogP) is 4.80. The Kier molecular flexibility index (Phi) is 9.53. The second kappa shape index (κ2) is 9.70. The zero-order valence-corrected chi connectivity index (χ0v) is 12.3. The van der Waals surface area contributed by atoms with Crippen molar-refractivity contribution in [2.45, 2.75) is 72.3 Å². The van der Waals surface area contributed by atoms with Gasteiger partial charge in [0.25, 0.3) is 0 Å². The van der Waals surface area contributed by atoms with E-state index in [2.05, 4.69) is 27.4 Å². The second-order valence-electron chi connectivity index (χ2n) is 5.75. The van der Waals surface area contributed by atoms with Crippen LogP contribution in [0.5, 0.6) is 0 Å². The summed E-state index contributed by atoms with van der Waals surface area (Å²) in [6, 6.07) is 0. The maximum atomic E-state index is 10.1. The van der Waals surface area contributed by atoms with Gasteiger partial charge in [0.15, 0.2) is 0 Å². The molecule has 0 heterocycles. The van der Waals surface area contributed by atoms with E-state index in [0.29, 0.717) is 5.92 Å². The molecule has 0 fully saturated rings. The van der Waals surface area contributed by atoms with Crippen molar-refractivity contribution in [1.82, 2.24) is 0 Å². The van der Waals surface area contributed by atoms with Crippen molar-refractivity contribution in [1.29, 1.82) is 0 Å². The highest BCUT2D eigenvalue weighted by molar-refractivity contribution is 4.84. The molecule has 4 atom stereocenters. The van der Waals surface area contributed by atoms with Crippen molar-refractivity contribution in [3.05, 3.63) is 12.7 Å². The van der Waals surface area contributed by atoms with Crippen molar-refractivity contribution >= 4 is 0 Å². The Labute approximate surface area is 108 Å². The van der Waals surface area contributed by atoms with Gasteiger partial charge < -0.3 is 5.11 Å². The summed E-state index contributed by atoms with van der Waals surface area (Å²) >= 11 is 0. The van der Waals surface area contributed by atoms with Crippen LogP contribution in [0.4, 0.5) is 0 Å². The molecule has 0 rings (SSSR count). The third kappa shape index (κ3) is 7.59. The lowest BCUT2D eigenvalue weighted by atomic mass is 9.85. The largest absolute Gasteiger partial charge is 0.392 e. The number of hydrogen-bond acceptors (Lipinski definition) is 1. The number of aliphatic hydroxyl groups is 1. The highest BCUT2D eigenvalue weighted by atomic mass is 16.3. The Morgan fingerprint density at radius 1 is 1.12 bits per heavy atom. The molecule has 1 heteroatoms. The lowest BCUT2D eigenvalue weighted by Crippen LogP contribution is -2.25. The van der Waals surface area contributed by atoms with Crippen molar-refractivity contribution < 1.29 is 5.11 Å². The van der Waals surface area contributed by atoms with Gasteiger partial charge in [-0.3, -0.25) is 0 Å². The van der Waals surface area contributed by atoms with Crippen LogP contribution in [0.3, 0.4) is 0 Å². The molecule has 0 radical (unpaired) electrons. The predicted molar refractivity (Wildman–Crippen MR) is 77.1 cm³/mol. The van der Waals surface area contributed by atoms with E-state index in [4.69, 9.17) is 0 Å². The first-order valence-corrected chi connectivity index (χ1v) is 7.33. The quantitative estimate of drug-likeness (QED) is 0.429. The topological polar surface area (TPSA) is 20.2 Å². The van der Waals surface area contributed by atoms with Gasteiger partial charge in [-0.1, -0.05) is 65.9 Å². The van der Waals surface area contributed by atoms with Crippen LogP contribution in [0.2, 0.25) is 0 Å². The van der Waals surface area contributed by atoms with Crippen LogP contribution in [0, 0.1) is 17.8 Å². The SMILES string of the molecule is C=C[C@H](C)[C@H](O)[C@@H](C)C[C@@H](C)CCCCCC. The first kappa shape index (κ1) is 16.7. The van der Waals surface area contributed by atoms with Crippen LogP contribution in [0.25, 0.3) is 0 Å². The van der Waals surface area contributed by atoms with Gasteiger partial charge in [-0.15, -0.1) is 6.58 Å². The van der Waals surface area contributed by atoms with Crippen molar-refractivity contribution in [3.63, 3.8) is 0 Å². The minimum atomic E-state index is -0.231.